The summed E-state index contributed by atoms with van der Waals surface area (Å²) in [7, 11) is 0. The molecule has 0 amide bonds. The van der Waals surface area contributed by atoms with Gasteiger partial charge in [0.25, 0.3) is 0 Å². The number of fused-ring (bicyclic) bond motifs is 1. The molecule has 1 spiro atoms. The van der Waals surface area contributed by atoms with Gasteiger partial charge in [0.15, 0.2) is 5.78 Å². The van der Waals surface area contributed by atoms with Gasteiger partial charge in [0.2, 0.25) is 0 Å². The molecule has 1 saturated heterocycles. The maximum absolute atomic E-state index is 12.5. The molecule has 2 aliphatic rings. The fourth-order valence-corrected chi connectivity index (χ4v) is 3.86. The third kappa shape index (κ3) is 3.40. The molecule has 2 fully saturated rings. The fourth-order valence-electron chi connectivity index (χ4n) is 3.86. The smallest absolute Gasteiger partial charge is 0.355 e. The number of anilines is 1. The Labute approximate surface area is 148 Å². The maximum atomic E-state index is 12.5. The highest BCUT2D eigenvalue weighted by Gasteiger charge is 2.49. The Morgan fingerprint density at radius 1 is 1.19 bits per heavy atom. The van der Waals surface area contributed by atoms with Gasteiger partial charge in [-0.1, -0.05) is 0 Å². The number of ketones is 1. The molecule has 140 valence electrons. The molecule has 1 N–H and O–H groups in total. The summed E-state index contributed by atoms with van der Waals surface area (Å²) in [5.74, 6) is 0.0720. The number of aromatic amines is 1. The highest BCUT2D eigenvalue weighted by Crippen LogP contribution is 2.46. The first kappa shape index (κ1) is 17.3. The number of carbonyl (C=O) groups is 1. The number of rotatable bonds is 4. The standard InChI is InChI=1S/C17H20F3N5O/c18-17(19,20)9-12(26)10-25-8-7-24(6-4-16(25)2-3-16)15-13-1-5-21-14(13)22-11-23-15/h1,5,11H,2-4,6-10H2,(H,21,22,23). The molecule has 0 aromatic carbocycles. The molecule has 4 rings (SSSR count). The molecule has 9 heteroatoms. The predicted molar refractivity (Wildman–Crippen MR) is 89.9 cm³/mol. The Balaban J connectivity index is 1.49. The van der Waals surface area contributed by atoms with E-state index in [4.69, 9.17) is 0 Å². The molecule has 3 heterocycles. The lowest BCUT2D eigenvalue weighted by molar-refractivity contribution is -0.153. The van der Waals surface area contributed by atoms with E-state index < -0.39 is 18.4 Å². The van der Waals surface area contributed by atoms with Gasteiger partial charge < -0.3 is 9.88 Å². The summed E-state index contributed by atoms with van der Waals surface area (Å²) in [6, 6.07) is 1.92. The zero-order chi connectivity index (χ0) is 18.4. The summed E-state index contributed by atoms with van der Waals surface area (Å²) in [6.07, 6.45) is 0.225. The van der Waals surface area contributed by atoms with Crippen LogP contribution in [-0.2, 0) is 4.79 Å². The Hall–Kier alpha value is -2.16. The van der Waals surface area contributed by atoms with E-state index in [-0.39, 0.29) is 12.1 Å². The van der Waals surface area contributed by atoms with Gasteiger partial charge in [-0.2, -0.15) is 13.2 Å². The number of hydrogen-bond acceptors (Lipinski definition) is 5. The lowest BCUT2D eigenvalue weighted by Gasteiger charge is -2.28. The third-order valence-electron chi connectivity index (χ3n) is 5.38. The van der Waals surface area contributed by atoms with E-state index in [1.165, 1.54) is 6.33 Å². The van der Waals surface area contributed by atoms with Crippen molar-refractivity contribution in [1.29, 1.82) is 0 Å². The Morgan fingerprint density at radius 2 is 2.00 bits per heavy atom. The van der Waals surface area contributed by atoms with Gasteiger partial charge in [-0.15, -0.1) is 0 Å². The van der Waals surface area contributed by atoms with Crippen molar-refractivity contribution in [3.63, 3.8) is 0 Å². The minimum Gasteiger partial charge on any atom is -0.355 e. The Bertz CT molecular complexity index is 814. The van der Waals surface area contributed by atoms with Crippen LogP contribution in [0.3, 0.4) is 0 Å². The van der Waals surface area contributed by atoms with E-state index in [0.29, 0.717) is 13.1 Å². The summed E-state index contributed by atoms with van der Waals surface area (Å²) in [5.41, 5.74) is 0.637. The zero-order valence-corrected chi connectivity index (χ0v) is 14.2. The number of nitrogens with zero attached hydrogens (tertiary/aromatic N) is 4. The monoisotopic (exact) mass is 367 g/mol. The van der Waals surface area contributed by atoms with Gasteiger partial charge in [-0.25, -0.2) is 9.97 Å². The van der Waals surface area contributed by atoms with Crippen LogP contribution in [-0.4, -0.2) is 63.5 Å². The molecule has 0 bridgehead atoms. The van der Waals surface area contributed by atoms with Crippen LogP contribution in [0.2, 0.25) is 0 Å². The molecule has 1 aliphatic heterocycles. The summed E-state index contributed by atoms with van der Waals surface area (Å²) in [4.78, 5) is 27.6. The molecule has 1 saturated carbocycles. The van der Waals surface area contributed by atoms with Crippen molar-refractivity contribution >= 4 is 22.6 Å². The number of nitrogens with one attached hydrogen (secondary N) is 1. The summed E-state index contributed by atoms with van der Waals surface area (Å²) in [5, 5.41) is 0.930. The summed E-state index contributed by atoms with van der Waals surface area (Å²) in [6.45, 7) is 1.82. The van der Waals surface area contributed by atoms with Gasteiger partial charge in [-0.05, 0) is 25.3 Å². The first-order valence-corrected chi connectivity index (χ1v) is 8.73. The number of aromatic nitrogens is 3. The SMILES string of the molecule is O=C(CN1CCN(c2ncnc3[nH]ccc23)CCC12CC2)CC(F)(F)F. The van der Waals surface area contributed by atoms with Crippen molar-refractivity contribution in [3.8, 4) is 0 Å². The number of Topliss-reactive ketones (excluding diaryl/α,β-unsaturated/α-hetero) is 1. The van der Waals surface area contributed by atoms with Gasteiger partial charge in [-0.3, -0.25) is 9.69 Å². The summed E-state index contributed by atoms with van der Waals surface area (Å²) >= 11 is 0. The van der Waals surface area contributed by atoms with E-state index in [2.05, 4.69) is 19.9 Å². The molecular weight excluding hydrogens is 347 g/mol. The predicted octanol–water partition coefficient (Wildman–Crippen LogP) is 2.52. The van der Waals surface area contributed by atoms with Crippen molar-refractivity contribution in [3.05, 3.63) is 18.6 Å². The first-order chi connectivity index (χ1) is 12.4. The van der Waals surface area contributed by atoms with Crippen LogP contribution in [0.25, 0.3) is 11.0 Å². The molecular formula is C17H20F3N5O. The van der Waals surface area contributed by atoms with E-state index in [9.17, 15) is 18.0 Å². The number of halogens is 3. The van der Waals surface area contributed by atoms with Crippen LogP contribution in [0, 0.1) is 0 Å². The Morgan fingerprint density at radius 3 is 2.73 bits per heavy atom. The minimum absolute atomic E-state index is 0.125. The van der Waals surface area contributed by atoms with Crippen molar-refractivity contribution < 1.29 is 18.0 Å². The molecule has 0 radical (unpaired) electrons. The van der Waals surface area contributed by atoms with Gasteiger partial charge >= 0.3 is 6.18 Å². The van der Waals surface area contributed by atoms with Crippen LogP contribution < -0.4 is 4.90 Å². The molecule has 2 aromatic heterocycles. The molecule has 2 aromatic rings. The van der Waals surface area contributed by atoms with E-state index in [0.717, 1.165) is 42.7 Å². The van der Waals surface area contributed by atoms with Crippen LogP contribution in [0.1, 0.15) is 25.7 Å². The quantitative estimate of drug-likeness (QED) is 0.900. The Kier molecular flexibility index (Phi) is 4.13. The van der Waals surface area contributed by atoms with Gasteiger partial charge in [0.05, 0.1) is 11.9 Å². The molecule has 0 atom stereocenters. The molecule has 26 heavy (non-hydrogen) atoms. The molecule has 6 nitrogen and oxygen atoms in total. The number of alkyl halides is 3. The van der Waals surface area contributed by atoms with Crippen molar-refractivity contribution in [2.45, 2.75) is 37.4 Å². The highest BCUT2D eigenvalue weighted by molar-refractivity contribution is 5.87. The zero-order valence-electron chi connectivity index (χ0n) is 14.2. The fraction of sp³-hybridized carbons (Fsp3) is 0.588. The highest BCUT2D eigenvalue weighted by atomic mass is 19.4. The second-order valence-corrected chi connectivity index (χ2v) is 7.15. The average Bonchev–Trinajstić information content (AvgIpc) is 3.23. The minimum atomic E-state index is -4.44. The normalized spacial score (nSPS) is 20.5. The summed E-state index contributed by atoms with van der Waals surface area (Å²) < 4.78 is 37.5. The second-order valence-electron chi connectivity index (χ2n) is 7.15. The molecule has 1 aliphatic carbocycles. The van der Waals surface area contributed by atoms with Gasteiger partial charge in [0, 0.05) is 31.4 Å². The van der Waals surface area contributed by atoms with Crippen LogP contribution in [0.15, 0.2) is 18.6 Å². The van der Waals surface area contributed by atoms with Crippen LogP contribution >= 0.6 is 0 Å². The molecule has 0 unspecified atom stereocenters. The van der Waals surface area contributed by atoms with Crippen molar-refractivity contribution in [1.82, 2.24) is 19.9 Å². The van der Waals surface area contributed by atoms with Crippen LogP contribution in [0.5, 0.6) is 0 Å². The first-order valence-electron chi connectivity index (χ1n) is 8.73. The number of hydrogen-bond donors (Lipinski definition) is 1. The lowest BCUT2D eigenvalue weighted by atomic mass is 10.1. The maximum Gasteiger partial charge on any atom is 0.395 e. The van der Waals surface area contributed by atoms with Crippen molar-refractivity contribution in [2.75, 3.05) is 31.1 Å². The van der Waals surface area contributed by atoms with E-state index in [1.807, 2.05) is 17.2 Å². The van der Waals surface area contributed by atoms with Crippen LogP contribution in [0.4, 0.5) is 19.0 Å². The third-order valence-corrected chi connectivity index (χ3v) is 5.38. The van der Waals surface area contributed by atoms with Gasteiger partial charge in [0.1, 0.15) is 24.2 Å². The van der Waals surface area contributed by atoms with Crippen molar-refractivity contribution in [2.24, 2.45) is 0 Å². The van der Waals surface area contributed by atoms with E-state index in [1.54, 1.807) is 0 Å². The topological polar surface area (TPSA) is 65.1 Å². The second kappa shape index (κ2) is 6.22. The number of carbonyl (C=O) groups excluding carboxylic acids is 1. The average molecular weight is 367 g/mol. The largest absolute Gasteiger partial charge is 0.395 e. The number of H-pyrrole nitrogens is 1. The lowest BCUT2D eigenvalue weighted by Crippen LogP contribution is -2.42. The van der Waals surface area contributed by atoms with E-state index >= 15 is 0 Å².